The number of hydrogen-bond acceptors (Lipinski definition) is 7. The molecule has 4 rings (SSSR count). The second-order valence-electron chi connectivity index (χ2n) is 7.30. The fraction of sp³-hybridized carbons (Fsp3) is 0.474. The van der Waals surface area contributed by atoms with E-state index in [0.29, 0.717) is 17.8 Å². The minimum absolute atomic E-state index is 0.00334. The topological polar surface area (TPSA) is 91.6 Å². The van der Waals surface area contributed by atoms with Gasteiger partial charge in [0.15, 0.2) is 0 Å². The molecule has 1 saturated carbocycles. The number of benzene rings is 1. The van der Waals surface area contributed by atoms with Gasteiger partial charge in [0, 0.05) is 55.8 Å². The van der Waals surface area contributed by atoms with Gasteiger partial charge < -0.3 is 10.2 Å². The normalized spacial score (nSPS) is 17.9. The molecule has 0 bridgehead atoms. The SMILES string of the molecule is O=C(NC1CC1)c1ccc(N2CCCN(Cc3cscn3)CC2)c([N+](=O)[O-])c1. The molecule has 1 saturated heterocycles. The van der Waals surface area contributed by atoms with E-state index in [4.69, 9.17) is 0 Å². The van der Waals surface area contributed by atoms with E-state index in [1.807, 2.05) is 5.51 Å². The smallest absolute Gasteiger partial charge is 0.293 e. The molecular weight excluding hydrogens is 378 g/mol. The van der Waals surface area contributed by atoms with Crippen molar-refractivity contribution < 1.29 is 9.72 Å². The Hall–Kier alpha value is -2.52. The lowest BCUT2D eigenvalue weighted by Gasteiger charge is -2.23. The van der Waals surface area contributed by atoms with Gasteiger partial charge >= 0.3 is 0 Å². The zero-order valence-corrected chi connectivity index (χ0v) is 16.4. The zero-order chi connectivity index (χ0) is 19.5. The van der Waals surface area contributed by atoms with Crippen molar-refractivity contribution in [1.82, 2.24) is 15.2 Å². The molecule has 2 fully saturated rings. The Morgan fingerprint density at radius 2 is 2.14 bits per heavy atom. The van der Waals surface area contributed by atoms with E-state index in [-0.39, 0.29) is 22.6 Å². The minimum atomic E-state index is -0.388. The van der Waals surface area contributed by atoms with Gasteiger partial charge in [-0.05, 0) is 31.4 Å². The average molecular weight is 401 g/mol. The Bertz CT molecular complexity index is 853. The molecule has 2 aromatic rings. The van der Waals surface area contributed by atoms with Gasteiger partial charge in [0.2, 0.25) is 0 Å². The van der Waals surface area contributed by atoms with Crippen LogP contribution in [0, 0.1) is 10.1 Å². The lowest BCUT2D eigenvalue weighted by molar-refractivity contribution is -0.384. The molecular formula is C19H23N5O3S. The fourth-order valence-corrected chi connectivity index (χ4v) is 4.04. The second kappa shape index (κ2) is 8.24. The van der Waals surface area contributed by atoms with E-state index in [2.05, 4.69) is 25.5 Å². The molecule has 8 nitrogen and oxygen atoms in total. The van der Waals surface area contributed by atoms with Gasteiger partial charge in [-0.15, -0.1) is 11.3 Å². The summed E-state index contributed by atoms with van der Waals surface area (Å²) in [6, 6.07) is 5.04. The van der Waals surface area contributed by atoms with Crippen molar-refractivity contribution in [3.8, 4) is 0 Å². The molecule has 1 aliphatic heterocycles. The largest absolute Gasteiger partial charge is 0.365 e. The highest BCUT2D eigenvalue weighted by atomic mass is 32.1. The van der Waals surface area contributed by atoms with E-state index >= 15 is 0 Å². The maximum Gasteiger partial charge on any atom is 0.293 e. The van der Waals surface area contributed by atoms with Crippen LogP contribution in [0.15, 0.2) is 29.1 Å². The number of amides is 1. The Balaban J connectivity index is 1.47. The van der Waals surface area contributed by atoms with Crippen molar-refractivity contribution in [3.05, 3.63) is 50.5 Å². The molecule has 0 radical (unpaired) electrons. The van der Waals surface area contributed by atoms with E-state index in [1.54, 1.807) is 23.5 Å². The van der Waals surface area contributed by atoms with Crippen LogP contribution in [-0.2, 0) is 6.54 Å². The summed E-state index contributed by atoms with van der Waals surface area (Å²) in [4.78, 5) is 32.3. The molecule has 0 spiro atoms. The number of nitrogens with zero attached hydrogens (tertiary/aromatic N) is 4. The average Bonchev–Trinajstić information content (AvgIpc) is 3.41. The maximum atomic E-state index is 12.2. The van der Waals surface area contributed by atoms with Crippen LogP contribution < -0.4 is 10.2 Å². The first-order valence-corrected chi connectivity index (χ1v) is 10.5. The lowest BCUT2D eigenvalue weighted by Crippen LogP contribution is -2.31. The number of carbonyl (C=O) groups is 1. The second-order valence-corrected chi connectivity index (χ2v) is 8.02. The summed E-state index contributed by atoms with van der Waals surface area (Å²) >= 11 is 1.59. The summed E-state index contributed by atoms with van der Waals surface area (Å²) in [5.41, 5.74) is 3.83. The van der Waals surface area contributed by atoms with Crippen LogP contribution in [0.4, 0.5) is 11.4 Å². The molecule has 1 aromatic carbocycles. The number of anilines is 1. The van der Waals surface area contributed by atoms with Gasteiger partial charge in [-0.2, -0.15) is 0 Å². The first kappa shape index (κ1) is 18.8. The van der Waals surface area contributed by atoms with Crippen LogP contribution in [0.25, 0.3) is 0 Å². The Labute approximate surface area is 167 Å². The molecule has 1 aliphatic carbocycles. The third kappa shape index (κ3) is 4.48. The monoisotopic (exact) mass is 401 g/mol. The summed E-state index contributed by atoms with van der Waals surface area (Å²) < 4.78 is 0. The van der Waals surface area contributed by atoms with Crippen molar-refractivity contribution in [2.75, 3.05) is 31.1 Å². The van der Waals surface area contributed by atoms with Gasteiger partial charge in [-0.1, -0.05) is 0 Å². The maximum absolute atomic E-state index is 12.2. The summed E-state index contributed by atoms with van der Waals surface area (Å²) in [6.45, 7) is 4.02. The number of nitro groups is 1. The van der Waals surface area contributed by atoms with E-state index in [1.165, 1.54) is 6.07 Å². The molecule has 0 atom stereocenters. The van der Waals surface area contributed by atoms with Gasteiger partial charge in [-0.25, -0.2) is 4.98 Å². The third-order valence-corrected chi connectivity index (χ3v) is 5.78. The third-order valence-electron chi connectivity index (χ3n) is 5.15. The number of thiazole rings is 1. The molecule has 1 aromatic heterocycles. The highest BCUT2D eigenvalue weighted by Crippen LogP contribution is 2.30. The van der Waals surface area contributed by atoms with Crippen molar-refractivity contribution in [2.24, 2.45) is 0 Å². The van der Waals surface area contributed by atoms with Crippen LogP contribution >= 0.6 is 11.3 Å². The van der Waals surface area contributed by atoms with Gasteiger partial charge in [0.05, 0.1) is 16.1 Å². The number of aromatic nitrogens is 1. The van der Waals surface area contributed by atoms with Crippen LogP contribution in [0.3, 0.4) is 0 Å². The standard InChI is InChI=1S/C19H23N5O3S/c25-19(21-15-3-4-15)14-2-5-17(18(10-14)24(26)27)23-7-1-6-22(8-9-23)11-16-12-28-13-20-16/h2,5,10,12-13,15H,1,3-4,6-9,11H2,(H,21,25). The van der Waals surface area contributed by atoms with Crippen LogP contribution in [0.1, 0.15) is 35.3 Å². The van der Waals surface area contributed by atoms with Crippen molar-refractivity contribution in [2.45, 2.75) is 31.8 Å². The van der Waals surface area contributed by atoms with Crippen LogP contribution in [-0.4, -0.2) is 52.9 Å². The molecule has 0 unspecified atom stereocenters. The van der Waals surface area contributed by atoms with Crippen LogP contribution in [0.5, 0.6) is 0 Å². The molecule has 9 heteroatoms. The first-order valence-electron chi connectivity index (χ1n) is 9.54. The quantitative estimate of drug-likeness (QED) is 0.591. The van der Waals surface area contributed by atoms with Crippen molar-refractivity contribution in [3.63, 3.8) is 0 Å². The predicted octanol–water partition coefficient (Wildman–Crippen LogP) is 2.66. The summed E-state index contributed by atoms with van der Waals surface area (Å²) in [5.74, 6) is -0.234. The van der Waals surface area contributed by atoms with Crippen LogP contribution in [0.2, 0.25) is 0 Å². The predicted molar refractivity (Wildman–Crippen MR) is 108 cm³/mol. The minimum Gasteiger partial charge on any atom is -0.365 e. The molecule has 2 heterocycles. The highest BCUT2D eigenvalue weighted by molar-refractivity contribution is 7.07. The summed E-state index contributed by atoms with van der Waals surface area (Å²) in [6.07, 6.45) is 2.89. The zero-order valence-electron chi connectivity index (χ0n) is 15.5. The Morgan fingerprint density at radius 3 is 2.86 bits per heavy atom. The molecule has 1 amide bonds. The molecule has 2 aliphatic rings. The van der Waals surface area contributed by atoms with E-state index < -0.39 is 0 Å². The molecule has 148 valence electrons. The Morgan fingerprint density at radius 1 is 1.29 bits per heavy atom. The van der Waals surface area contributed by atoms with Crippen molar-refractivity contribution >= 4 is 28.6 Å². The van der Waals surface area contributed by atoms with E-state index in [9.17, 15) is 14.9 Å². The highest BCUT2D eigenvalue weighted by Gasteiger charge is 2.27. The number of nitro benzene ring substituents is 1. The van der Waals surface area contributed by atoms with Gasteiger partial charge in [0.1, 0.15) is 5.69 Å². The number of nitrogens with one attached hydrogen (secondary N) is 1. The van der Waals surface area contributed by atoms with Gasteiger partial charge in [0.25, 0.3) is 11.6 Å². The number of hydrogen-bond donors (Lipinski definition) is 1. The summed E-state index contributed by atoms with van der Waals surface area (Å²) in [5, 5.41) is 16.6. The number of rotatable bonds is 6. The number of carbonyl (C=O) groups excluding carboxylic acids is 1. The lowest BCUT2D eigenvalue weighted by atomic mass is 10.1. The molecule has 1 N–H and O–H groups in total. The van der Waals surface area contributed by atoms with Gasteiger partial charge in [-0.3, -0.25) is 19.8 Å². The van der Waals surface area contributed by atoms with E-state index in [0.717, 1.165) is 51.1 Å². The summed E-state index contributed by atoms with van der Waals surface area (Å²) in [7, 11) is 0. The van der Waals surface area contributed by atoms with Crippen molar-refractivity contribution in [1.29, 1.82) is 0 Å². The Kier molecular flexibility index (Phi) is 5.54. The first-order chi connectivity index (χ1) is 13.6. The fourth-order valence-electron chi connectivity index (χ4n) is 3.49. The molecule has 28 heavy (non-hydrogen) atoms.